The predicted molar refractivity (Wildman–Crippen MR) is 49.9 cm³/mol. The number of nitrogens with one attached hydrogen (secondary N) is 1. The first-order valence-electron chi connectivity index (χ1n) is 4.13. The minimum atomic E-state index is -0.310. The van der Waals surface area contributed by atoms with E-state index < -0.39 is 0 Å². The molecule has 0 radical (unpaired) electrons. The summed E-state index contributed by atoms with van der Waals surface area (Å²) in [5, 5.41) is 6.24. The SMILES string of the molecule is Cl.NCc1noc(C(=O)NC2CC2)n1. The third-order valence-corrected chi connectivity index (χ3v) is 1.76. The summed E-state index contributed by atoms with van der Waals surface area (Å²) in [5.74, 6) is 0.0306. The van der Waals surface area contributed by atoms with Crippen LogP contribution >= 0.6 is 12.4 Å². The molecule has 78 valence electrons. The lowest BCUT2D eigenvalue weighted by Crippen LogP contribution is -2.25. The average Bonchev–Trinajstić information content (AvgIpc) is 2.82. The van der Waals surface area contributed by atoms with Gasteiger partial charge >= 0.3 is 11.8 Å². The van der Waals surface area contributed by atoms with Gasteiger partial charge in [-0.1, -0.05) is 5.16 Å². The first-order chi connectivity index (χ1) is 6.29. The molecule has 0 aliphatic heterocycles. The van der Waals surface area contributed by atoms with E-state index in [-0.39, 0.29) is 30.7 Å². The smallest absolute Gasteiger partial charge is 0.315 e. The van der Waals surface area contributed by atoms with Crippen LogP contribution in [0, 0.1) is 0 Å². The van der Waals surface area contributed by atoms with Gasteiger partial charge < -0.3 is 15.6 Å². The van der Waals surface area contributed by atoms with Gasteiger partial charge in [-0.05, 0) is 12.8 Å². The van der Waals surface area contributed by atoms with E-state index in [2.05, 4.69) is 15.5 Å². The van der Waals surface area contributed by atoms with E-state index in [1.54, 1.807) is 0 Å². The molecule has 1 fully saturated rings. The number of aromatic nitrogens is 2. The highest BCUT2D eigenvalue weighted by Crippen LogP contribution is 2.18. The van der Waals surface area contributed by atoms with Gasteiger partial charge in [0, 0.05) is 6.04 Å². The van der Waals surface area contributed by atoms with Crippen LogP contribution in [0.5, 0.6) is 0 Å². The minimum absolute atomic E-state index is 0. The topological polar surface area (TPSA) is 94.0 Å². The summed E-state index contributed by atoms with van der Waals surface area (Å²) < 4.78 is 4.69. The zero-order valence-electron chi connectivity index (χ0n) is 7.40. The quantitative estimate of drug-likeness (QED) is 0.736. The Balaban J connectivity index is 0.000000980. The van der Waals surface area contributed by atoms with Crippen LogP contribution < -0.4 is 11.1 Å². The van der Waals surface area contributed by atoms with Crippen molar-refractivity contribution in [1.29, 1.82) is 0 Å². The van der Waals surface area contributed by atoms with Crippen LogP contribution in [0.1, 0.15) is 29.4 Å². The van der Waals surface area contributed by atoms with Crippen LogP contribution in [0.4, 0.5) is 0 Å². The van der Waals surface area contributed by atoms with Crippen molar-refractivity contribution in [2.75, 3.05) is 0 Å². The second-order valence-corrected chi connectivity index (χ2v) is 2.97. The first-order valence-corrected chi connectivity index (χ1v) is 4.13. The molecule has 1 aliphatic carbocycles. The van der Waals surface area contributed by atoms with Gasteiger partial charge in [0.05, 0.1) is 6.54 Å². The Morgan fingerprint density at radius 2 is 2.36 bits per heavy atom. The van der Waals surface area contributed by atoms with Gasteiger partial charge in [-0.15, -0.1) is 12.4 Å². The molecule has 0 spiro atoms. The van der Waals surface area contributed by atoms with E-state index in [0.717, 1.165) is 12.8 Å². The average molecular weight is 219 g/mol. The number of nitrogens with zero attached hydrogens (tertiary/aromatic N) is 2. The van der Waals surface area contributed by atoms with E-state index in [9.17, 15) is 4.79 Å². The van der Waals surface area contributed by atoms with Gasteiger partial charge in [-0.25, -0.2) is 0 Å². The maximum absolute atomic E-state index is 11.3. The number of carbonyl (C=O) groups is 1. The standard InChI is InChI=1S/C7H10N4O2.ClH/c8-3-5-10-7(13-11-5)6(12)9-4-1-2-4;/h4H,1-3,8H2,(H,9,12);1H. The summed E-state index contributed by atoms with van der Waals surface area (Å²) in [5.41, 5.74) is 5.26. The maximum Gasteiger partial charge on any atom is 0.315 e. The molecule has 1 heterocycles. The van der Waals surface area contributed by atoms with Gasteiger partial charge in [0.25, 0.3) is 0 Å². The fourth-order valence-electron chi connectivity index (χ4n) is 0.904. The van der Waals surface area contributed by atoms with Gasteiger partial charge in [0.1, 0.15) is 0 Å². The molecule has 0 saturated heterocycles. The van der Waals surface area contributed by atoms with E-state index in [4.69, 9.17) is 10.3 Å². The normalized spacial score (nSPS) is 14.6. The molecule has 0 aromatic carbocycles. The summed E-state index contributed by atoms with van der Waals surface area (Å²) in [6.07, 6.45) is 2.06. The molecule has 2 rings (SSSR count). The summed E-state index contributed by atoms with van der Waals surface area (Å²) in [7, 11) is 0. The Hall–Kier alpha value is -1.14. The van der Waals surface area contributed by atoms with E-state index in [1.807, 2.05) is 0 Å². The van der Waals surface area contributed by atoms with E-state index in [1.165, 1.54) is 0 Å². The van der Waals surface area contributed by atoms with Gasteiger partial charge in [-0.2, -0.15) is 4.98 Å². The lowest BCUT2D eigenvalue weighted by atomic mass is 10.5. The predicted octanol–water partition coefficient (Wildman–Crippen LogP) is -0.158. The third kappa shape index (κ3) is 2.43. The van der Waals surface area contributed by atoms with Crippen molar-refractivity contribution in [3.63, 3.8) is 0 Å². The van der Waals surface area contributed by atoms with Crippen LogP contribution in [-0.4, -0.2) is 22.1 Å². The number of rotatable bonds is 3. The Labute approximate surface area is 86.6 Å². The summed E-state index contributed by atoms with van der Waals surface area (Å²) >= 11 is 0. The van der Waals surface area contributed by atoms with Gasteiger partial charge in [0.15, 0.2) is 5.82 Å². The fraction of sp³-hybridized carbons (Fsp3) is 0.571. The number of nitrogens with two attached hydrogens (primary N) is 1. The summed E-state index contributed by atoms with van der Waals surface area (Å²) in [4.78, 5) is 15.1. The second-order valence-electron chi connectivity index (χ2n) is 2.97. The molecule has 1 saturated carbocycles. The van der Waals surface area contributed by atoms with Crippen molar-refractivity contribution in [3.8, 4) is 0 Å². The zero-order valence-corrected chi connectivity index (χ0v) is 8.21. The number of hydrogen-bond acceptors (Lipinski definition) is 5. The third-order valence-electron chi connectivity index (χ3n) is 1.76. The van der Waals surface area contributed by atoms with E-state index >= 15 is 0 Å². The number of amides is 1. The van der Waals surface area contributed by atoms with Crippen LogP contribution in [0.15, 0.2) is 4.52 Å². The maximum atomic E-state index is 11.3. The van der Waals surface area contributed by atoms with Crippen molar-refractivity contribution in [2.24, 2.45) is 5.73 Å². The molecule has 3 N–H and O–H groups in total. The Bertz CT molecular complexity index is 323. The molecule has 7 heteroatoms. The molecule has 0 unspecified atom stereocenters. The molecule has 0 atom stereocenters. The highest BCUT2D eigenvalue weighted by Gasteiger charge is 2.26. The summed E-state index contributed by atoms with van der Waals surface area (Å²) in [6, 6.07) is 0.292. The molecule has 1 aromatic rings. The number of carbonyl (C=O) groups excluding carboxylic acids is 1. The first kappa shape index (κ1) is 10.9. The molecule has 6 nitrogen and oxygen atoms in total. The monoisotopic (exact) mass is 218 g/mol. The molecule has 1 aliphatic rings. The second kappa shape index (κ2) is 4.39. The zero-order chi connectivity index (χ0) is 9.26. The molecular weight excluding hydrogens is 208 g/mol. The van der Waals surface area contributed by atoms with Crippen molar-refractivity contribution in [3.05, 3.63) is 11.7 Å². The van der Waals surface area contributed by atoms with Crippen LogP contribution in [0.3, 0.4) is 0 Å². The van der Waals surface area contributed by atoms with Crippen molar-refractivity contribution >= 4 is 18.3 Å². The van der Waals surface area contributed by atoms with Crippen molar-refractivity contribution < 1.29 is 9.32 Å². The summed E-state index contributed by atoms with van der Waals surface area (Å²) in [6.45, 7) is 0.181. The Morgan fingerprint density at radius 1 is 1.64 bits per heavy atom. The molecule has 0 bridgehead atoms. The van der Waals surface area contributed by atoms with Crippen LogP contribution in [0.2, 0.25) is 0 Å². The highest BCUT2D eigenvalue weighted by atomic mass is 35.5. The molecular formula is C7H11ClN4O2. The molecule has 14 heavy (non-hydrogen) atoms. The molecule has 1 amide bonds. The van der Waals surface area contributed by atoms with Gasteiger partial charge in [0.2, 0.25) is 0 Å². The number of hydrogen-bond donors (Lipinski definition) is 2. The molecule has 1 aromatic heterocycles. The lowest BCUT2D eigenvalue weighted by Gasteiger charge is -1.95. The van der Waals surface area contributed by atoms with Crippen LogP contribution in [-0.2, 0) is 6.54 Å². The fourth-order valence-corrected chi connectivity index (χ4v) is 0.904. The van der Waals surface area contributed by atoms with Crippen LogP contribution in [0.25, 0.3) is 0 Å². The highest BCUT2D eigenvalue weighted by molar-refractivity contribution is 5.89. The Morgan fingerprint density at radius 3 is 2.86 bits per heavy atom. The van der Waals surface area contributed by atoms with Gasteiger partial charge in [-0.3, -0.25) is 4.79 Å². The Kier molecular flexibility index (Phi) is 3.43. The van der Waals surface area contributed by atoms with E-state index in [0.29, 0.717) is 11.9 Å². The lowest BCUT2D eigenvalue weighted by molar-refractivity contribution is 0.0907. The van der Waals surface area contributed by atoms with Crippen molar-refractivity contribution in [2.45, 2.75) is 25.4 Å². The minimum Gasteiger partial charge on any atom is -0.345 e. The van der Waals surface area contributed by atoms with Crippen molar-refractivity contribution in [1.82, 2.24) is 15.5 Å². The largest absolute Gasteiger partial charge is 0.345 e. The number of halogens is 1.